The van der Waals surface area contributed by atoms with Gasteiger partial charge in [0.05, 0.1) is 13.0 Å². The first-order valence-corrected chi connectivity index (χ1v) is 12.0. The number of nitrogens with zero attached hydrogens (tertiary/aromatic N) is 2. The fraction of sp³-hybridized carbons (Fsp3) is 0.393. The topological polar surface area (TPSA) is 44.8 Å². The van der Waals surface area contributed by atoms with Crippen molar-refractivity contribution in [3.05, 3.63) is 66.2 Å². The first kappa shape index (κ1) is 21.8. The lowest BCUT2D eigenvalue weighted by Gasteiger charge is -2.36. The number of hydrogen-bond acceptors (Lipinski definition) is 4. The first-order valence-electron chi connectivity index (χ1n) is 12.0. The van der Waals surface area contributed by atoms with Gasteiger partial charge in [0, 0.05) is 44.1 Å². The van der Waals surface area contributed by atoms with E-state index in [0.717, 1.165) is 59.9 Å². The summed E-state index contributed by atoms with van der Waals surface area (Å²) in [5, 5.41) is 5.35. The number of ether oxygens (including phenoxy) is 1. The van der Waals surface area contributed by atoms with Crippen molar-refractivity contribution in [2.24, 2.45) is 5.92 Å². The van der Waals surface area contributed by atoms with Crippen LogP contribution in [0.15, 0.2) is 60.7 Å². The number of rotatable bonds is 7. The summed E-state index contributed by atoms with van der Waals surface area (Å²) in [4.78, 5) is 18.1. The van der Waals surface area contributed by atoms with E-state index in [9.17, 15) is 4.79 Å². The van der Waals surface area contributed by atoms with Crippen LogP contribution in [0, 0.1) is 5.92 Å². The number of benzene rings is 3. The molecule has 1 amide bonds. The predicted molar refractivity (Wildman–Crippen MR) is 135 cm³/mol. The molecule has 1 heterocycles. The Labute approximate surface area is 196 Å². The lowest BCUT2D eigenvalue weighted by Crippen LogP contribution is -2.47. The molecule has 2 aliphatic rings. The third-order valence-electron chi connectivity index (χ3n) is 7.03. The molecule has 1 N–H and O–H groups in total. The Morgan fingerprint density at radius 1 is 1.00 bits per heavy atom. The first-order chi connectivity index (χ1) is 16.1. The van der Waals surface area contributed by atoms with Crippen LogP contribution >= 0.6 is 0 Å². The Kier molecular flexibility index (Phi) is 6.23. The number of methoxy groups -OCH3 is 1. The van der Waals surface area contributed by atoms with Crippen molar-refractivity contribution in [1.82, 2.24) is 4.90 Å². The van der Waals surface area contributed by atoms with Crippen molar-refractivity contribution in [3.63, 3.8) is 0 Å². The molecule has 5 heteroatoms. The molecule has 5 rings (SSSR count). The summed E-state index contributed by atoms with van der Waals surface area (Å²) in [5.41, 5.74) is 3.05. The fourth-order valence-corrected chi connectivity index (χ4v) is 4.68. The van der Waals surface area contributed by atoms with Crippen LogP contribution in [0.2, 0.25) is 0 Å². The zero-order valence-corrected chi connectivity index (χ0v) is 19.6. The Morgan fingerprint density at radius 3 is 2.52 bits per heavy atom. The zero-order chi connectivity index (χ0) is 22.8. The van der Waals surface area contributed by atoms with Crippen LogP contribution in [0.1, 0.15) is 31.2 Å². The second-order valence-electron chi connectivity index (χ2n) is 9.46. The van der Waals surface area contributed by atoms with Gasteiger partial charge in [-0.15, -0.1) is 0 Å². The molecule has 3 aromatic carbocycles. The summed E-state index contributed by atoms with van der Waals surface area (Å²) < 4.78 is 5.31. The molecular weight excluding hydrogens is 410 g/mol. The van der Waals surface area contributed by atoms with E-state index in [0.29, 0.717) is 0 Å². The number of carbonyl (C=O) groups is 1. The van der Waals surface area contributed by atoms with Crippen LogP contribution in [0.5, 0.6) is 5.75 Å². The van der Waals surface area contributed by atoms with Crippen LogP contribution in [-0.2, 0) is 4.79 Å². The zero-order valence-electron chi connectivity index (χ0n) is 19.6. The van der Waals surface area contributed by atoms with E-state index in [1.165, 1.54) is 25.1 Å². The summed E-state index contributed by atoms with van der Waals surface area (Å²) in [5.74, 6) is 1.55. The van der Waals surface area contributed by atoms with Crippen molar-refractivity contribution in [2.45, 2.75) is 25.7 Å². The largest absolute Gasteiger partial charge is 0.497 e. The van der Waals surface area contributed by atoms with Gasteiger partial charge in [0.2, 0.25) is 5.91 Å². The molecule has 0 aromatic heterocycles. The van der Waals surface area contributed by atoms with E-state index >= 15 is 0 Å². The average Bonchev–Trinajstić information content (AvgIpc) is 3.67. The third-order valence-corrected chi connectivity index (χ3v) is 7.03. The Balaban J connectivity index is 1.22. The van der Waals surface area contributed by atoms with Crippen molar-refractivity contribution >= 4 is 28.1 Å². The summed E-state index contributed by atoms with van der Waals surface area (Å²) >= 11 is 0. The number of carbonyl (C=O) groups excluding carboxylic acids is 1. The molecule has 33 heavy (non-hydrogen) atoms. The van der Waals surface area contributed by atoms with Crippen LogP contribution in [-0.4, -0.2) is 50.6 Å². The summed E-state index contributed by atoms with van der Waals surface area (Å²) in [6.45, 7) is 7.56. The molecule has 172 valence electrons. The minimum atomic E-state index is -0.244. The van der Waals surface area contributed by atoms with Gasteiger partial charge in [-0.25, -0.2) is 0 Å². The highest BCUT2D eigenvalue weighted by Crippen LogP contribution is 2.31. The highest BCUT2D eigenvalue weighted by Gasteiger charge is 2.26. The Hall–Kier alpha value is -3.05. The maximum atomic E-state index is 13.0. The number of nitrogens with one attached hydrogen (secondary N) is 1. The van der Waals surface area contributed by atoms with E-state index in [1.54, 1.807) is 7.11 Å². The number of fused-ring (bicyclic) bond motifs is 1. The Bertz CT molecular complexity index is 1130. The van der Waals surface area contributed by atoms with Crippen LogP contribution in [0.4, 0.5) is 11.4 Å². The van der Waals surface area contributed by atoms with Gasteiger partial charge in [-0.1, -0.05) is 30.3 Å². The smallest absolute Gasteiger partial charge is 0.231 e. The molecule has 1 atom stereocenters. The normalized spacial score (nSPS) is 17.7. The van der Waals surface area contributed by atoms with Crippen LogP contribution in [0.25, 0.3) is 10.8 Å². The molecule has 1 aliphatic carbocycles. The highest BCUT2D eigenvalue weighted by molar-refractivity contribution is 5.97. The molecule has 0 unspecified atom stereocenters. The average molecular weight is 444 g/mol. The number of anilines is 2. The maximum Gasteiger partial charge on any atom is 0.231 e. The van der Waals surface area contributed by atoms with Gasteiger partial charge in [-0.3, -0.25) is 9.69 Å². The monoisotopic (exact) mass is 443 g/mol. The van der Waals surface area contributed by atoms with Gasteiger partial charge >= 0.3 is 0 Å². The summed E-state index contributed by atoms with van der Waals surface area (Å²) in [6, 6.07) is 20.5. The van der Waals surface area contributed by atoms with Gasteiger partial charge in [0.1, 0.15) is 5.75 Å². The summed E-state index contributed by atoms with van der Waals surface area (Å²) in [6.07, 6.45) is 2.82. The minimum Gasteiger partial charge on any atom is -0.497 e. The highest BCUT2D eigenvalue weighted by atomic mass is 16.5. The van der Waals surface area contributed by atoms with Gasteiger partial charge < -0.3 is 15.0 Å². The van der Waals surface area contributed by atoms with Gasteiger partial charge in [0.25, 0.3) is 0 Å². The van der Waals surface area contributed by atoms with E-state index in [4.69, 9.17) is 4.74 Å². The molecule has 5 nitrogen and oxygen atoms in total. The maximum absolute atomic E-state index is 13.0. The number of amides is 1. The van der Waals surface area contributed by atoms with Crippen LogP contribution in [0.3, 0.4) is 0 Å². The molecule has 0 spiro atoms. The standard InChI is InChI=1S/C28H33N3O2/c1-20(22-8-9-24-17-27(33-2)11-10-23(24)16-22)28(32)29-25-4-3-5-26(18-25)31-14-12-30(13-15-31)19-21-6-7-21/h3-5,8-11,16-18,20-21H,6-7,12-15,19H2,1-2H3,(H,29,32)/t20-/m0/s1. The van der Waals surface area contributed by atoms with E-state index < -0.39 is 0 Å². The molecule has 0 bridgehead atoms. The van der Waals surface area contributed by atoms with E-state index in [-0.39, 0.29) is 11.8 Å². The molecule has 2 fully saturated rings. The lowest BCUT2D eigenvalue weighted by atomic mass is 9.97. The molecule has 1 saturated carbocycles. The SMILES string of the molecule is COc1ccc2cc([C@H](C)C(=O)Nc3cccc(N4CCN(CC5CC5)CC4)c3)ccc2c1. The molecule has 1 aliphatic heterocycles. The molecule has 1 saturated heterocycles. The van der Waals surface area contributed by atoms with Gasteiger partial charge in [-0.05, 0) is 72.4 Å². The van der Waals surface area contributed by atoms with Crippen molar-refractivity contribution in [2.75, 3.05) is 50.1 Å². The lowest BCUT2D eigenvalue weighted by molar-refractivity contribution is -0.117. The number of piperazine rings is 1. The minimum absolute atomic E-state index is 0.00858. The van der Waals surface area contributed by atoms with Crippen molar-refractivity contribution < 1.29 is 9.53 Å². The molecule has 3 aromatic rings. The molecule has 0 radical (unpaired) electrons. The van der Waals surface area contributed by atoms with Crippen molar-refractivity contribution in [1.29, 1.82) is 0 Å². The third kappa shape index (κ3) is 5.14. The van der Waals surface area contributed by atoms with Gasteiger partial charge in [-0.2, -0.15) is 0 Å². The summed E-state index contributed by atoms with van der Waals surface area (Å²) in [7, 11) is 1.67. The van der Waals surface area contributed by atoms with Crippen LogP contribution < -0.4 is 15.0 Å². The number of hydrogen-bond donors (Lipinski definition) is 1. The van der Waals surface area contributed by atoms with E-state index in [2.05, 4.69) is 39.4 Å². The second kappa shape index (κ2) is 9.44. The van der Waals surface area contributed by atoms with E-state index in [1.807, 2.05) is 43.3 Å². The quantitative estimate of drug-likeness (QED) is 0.550. The van der Waals surface area contributed by atoms with Gasteiger partial charge in [0.15, 0.2) is 0 Å². The predicted octanol–water partition coefficient (Wildman–Crippen LogP) is 5.12. The Morgan fingerprint density at radius 2 is 1.76 bits per heavy atom. The fourth-order valence-electron chi connectivity index (χ4n) is 4.68. The second-order valence-corrected chi connectivity index (χ2v) is 9.46. The molecular formula is C28H33N3O2. The van der Waals surface area contributed by atoms with Crippen molar-refractivity contribution in [3.8, 4) is 5.75 Å².